The minimum Gasteiger partial charge on any atom is -0.756 e. The third kappa shape index (κ3) is 59.9. The smallest absolute Gasteiger partial charge is 0.306 e. The monoisotopic (exact) mass is 1080 g/mol. The molecule has 0 N–H and O–H groups in total. The molecule has 0 bridgehead atoms. The Labute approximate surface area is 467 Å². The van der Waals surface area contributed by atoms with Crippen LogP contribution in [0.15, 0.2) is 109 Å². The molecule has 0 spiro atoms. The first-order chi connectivity index (χ1) is 37.0. The van der Waals surface area contributed by atoms with E-state index in [2.05, 4.69) is 123 Å². The van der Waals surface area contributed by atoms with Gasteiger partial charge in [0.1, 0.15) is 19.8 Å². The van der Waals surface area contributed by atoms with E-state index >= 15 is 0 Å². The van der Waals surface area contributed by atoms with Crippen LogP contribution in [-0.4, -0.2) is 70.0 Å². The number of nitrogens with zero attached hydrogens (tertiary/aromatic N) is 1. The van der Waals surface area contributed by atoms with Crippen LogP contribution < -0.4 is 4.89 Å². The maximum absolute atomic E-state index is 12.8. The molecule has 76 heavy (non-hydrogen) atoms. The van der Waals surface area contributed by atoms with Crippen LogP contribution in [0.5, 0.6) is 0 Å². The molecule has 436 valence electrons. The molecule has 9 nitrogen and oxygen atoms in total. The summed E-state index contributed by atoms with van der Waals surface area (Å²) in [6.07, 6.45) is 78.5. The van der Waals surface area contributed by atoms with E-state index in [1.54, 1.807) is 0 Å². The van der Waals surface area contributed by atoms with Gasteiger partial charge < -0.3 is 27.9 Å². The van der Waals surface area contributed by atoms with E-state index in [-0.39, 0.29) is 32.0 Å². The summed E-state index contributed by atoms with van der Waals surface area (Å²) in [5.41, 5.74) is 0. The first kappa shape index (κ1) is 72.7. The molecule has 0 rings (SSSR count). The number of phosphoric ester groups is 1. The quantitative estimate of drug-likeness (QED) is 0.0195. The Hall–Kier alpha value is -3.33. The number of rotatable bonds is 55. The Bertz CT molecular complexity index is 1650. The fourth-order valence-electron chi connectivity index (χ4n) is 8.08. The normalized spacial score (nSPS) is 14.0. The van der Waals surface area contributed by atoms with Gasteiger partial charge in [0.15, 0.2) is 6.10 Å². The topological polar surface area (TPSA) is 111 Å². The molecule has 2 unspecified atom stereocenters. The molecule has 0 aromatic heterocycles. The Morgan fingerprint density at radius 2 is 0.750 bits per heavy atom. The van der Waals surface area contributed by atoms with Gasteiger partial charge in [-0.25, -0.2) is 0 Å². The Morgan fingerprint density at radius 1 is 0.421 bits per heavy atom. The van der Waals surface area contributed by atoms with Gasteiger partial charge in [0, 0.05) is 12.8 Å². The third-order valence-corrected chi connectivity index (χ3v) is 13.7. The molecule has 0 aliphatic heterocycles. The second-order valence-electron chi connectivity index (χ2n) is 21.3. The lowest BCUT2D eigenvalue weighted by atomic mass is 10.1. The molecule has 2 atom stereocenters. The highest BCUT2D eigenvalue weighted by Gasteiger charge is 2.22. The Balaban J connectivity index is 4.18. The molecular formula is C66H114NO8P. The lowest BCUT2D eigenvalue weighted by Crippen LogP contribution is -2.37. The summed E-state index contributed by atoms with van der Waals surface area (Å²) in [5, 5.41) is 0. The predicted octanol–water partition coefficient (Wildman–Crippen LogP) is 18.7. The Kier molecular flexibility index (Phi) is 53.9. The van der Waals surface area contributed by atoms with Gasteiger partial charge in [-0.1, -0.05) is 239 Å². The van der Waals surface area contributed by atoms with E-state index in [1.807, 2.05) is 21.1 Å². The SMILES string of the molecule is CC/C=C\C/C=C\C/C=C\C/C=C\C/C=C\C/C=C\C/C=C\C/C=C\CCCCCCCCCCC(=O)OC(COC(=O)CCCCCCCCCCC/C=C\CCCCCCCC)COP(=O)([O-])OCC[N+](C)(C)C. The summed E-state index contributed by atoms with van der Waals surface area (Å²) >= 11 is 0. The van der Waals surface area contributed by atoms with Crippen molar-refractivity contribution >= 4 is 19.8 Å². The van der Waals surface area contributed by atoms with Crippen LogP contribution in [0, 0.1) is 0 Å². The van der Waals surface area contributed by atoms with Crippen molar-refractivity contribution in [2.75, 3.05) is 47.5 Å². The van der Waals surface area contributed by atoms with Crippen LogP contribution >= 0.6 is 7.82 Å². The average Bonchev–Trinajstić information content (AvgIpc) is 3.38. The zero-order chi connectivity index (χ0) is 55.6. The third-order valence-electron chi connectivity index (χ3n) is 12.8. The number of allylic oxidation sites excluding steroid dienone is 18. The van der Waals surface area contributed by atoms with Crippen LogP contribution in [0.1, 0.15) is 245 Å². The number of phosphoric acid groups is 1. The zero-order valence-electron chi connectivity index (χ0n) is 49.4. The van der Waals surface area contributed by atoms with Crippen LogP contribution in [0.25, 0.3) is 0 Å². The summed E-state index contributed by atoms with van der Waals surface area (Å²) in [6, 6.07) is 0. The average molecular weight is 1080 g/mol. The van der Waals surface area contributed by atoms with Crippen molar-refractivity contribution in [2.45, 2.75) is 251 Å². The van der Waals surface area contributed by atoms with Crippen LogP contribution in [0.2, 0.25) is 0 Å². The fraction of sp³-hybridized carbons (Fsp3) is 0.697. The van der Waals surface area contributed by atoms with E-state index in [9.17, 15) is 19.0 Å². The van der Waals surface area contributed by atoms with Crippen molar-refractivity contribution in [1.29, 1.82) is 0 Å². The maximum Gasteiger partial charge on any atom is 0.306 e. The molecule has 0 heterocycles. The van der Waals surface area contributed by atoms with Crippen molar-refractivity contribution in [3.8, 4) is 0 Å². The predicted molar refractivity (Wildman–Crippen MR) is 323 cm³/mol. The van der Waals surface area contributed by atoms with Gasteiger partial charge in [0.05, 0.1) is 27.7 Å². The number of ether oxygens (including phenoxy) is 2. The largest absolute Gasteiger partial charge is 0.756 e. The molecule has 0 radical (unpaired) electrons. The maximum atomic E-state index is 12.8. The zero-order valence-corrected chi connectivity index (χ0v) is 50.3. The summed E-state index contributed by atoms with van der Waals surface area (Å²) in [7, 11) is 1.15. The van der Waals surface area contributed by atoms with Crippen molar-refractivity contribution < 1.29 is 42.1 Å². The van der Waals surface area contributed by atoms with Crippen molar-refractivity contribution in [1.82, 2.24) is 0 Å². The first-order valence-electron chi connectivity index (χ1n) is 30.6. The molecule has 0 aliphatic carbocycles. The Morgan fingerprint density at radius 3 is 1.13 bits per heavy atom. The molecule has 0 aromatic carbocycles. The number of carbonyl (C=O) groups is 2. The number of likely N-dealkylation sites (N-methyl/N-ethyl adjacent to an activating group) is 1. The van der Waals surface area contributed by atoms with Gasteiger partial charge in [0.2, 0.25) is 0 Å². The summed E-state index contributed by atoms with van der Waals surface area (Å²) in [5.74, 6) is -0.847. The molecule has 0 fully saturated rings. The minimum atomic E-state index is -4.65. The highest BCUT2D eigenvalue weighted by molar-refractivity contribution is 7.45. The number of quaternary nitrogens is 1. The highest BCUT2D eigenvalue weighted by Crippen LogP contribution is 2.38. The van der Waals surface area contributed by atoms with Crippen molar-refractivity contribution in [3.05, 3.63) is 109 Å². The number of esters is 2. The van der Waals surface area contributed by atoms with Crippen molar-refractivity contribution in [2.24, 2.45) is 0 Å². The van der Waals surface area contributed by atoms with Gasteiger partial charge >= 0.3 is 11.9 Å². The van der Waals surface area contributed by atoms with E-state index in [1.165, 1.54) is 116 Å². The molecule has 0 aliphatic rings. The lowest BCUT2D eigenvalue weighted by Gasteiger charge is -2.28. The lowest BCUT2D eigenvalue weighted by molar-refractivity contribution is -0.870. The summed E-state index contributed by atoms with van der Waals surface area (Å²) in [4.78, 5) is 37.9. The van der Waals surface area contributed by atoms with E-state index in [0.717, 1.165) is 96.3 Å². The van der Waals surface area contributed by atoms with Gasteiger partial charge in [-0.2, -0.15) is 0 Å². The van der Waals surface area contributed by atoms with Gasteiger partial charge in [-0.3, -0.25) is 14.2 Å². The number of hydrogen-bond acceptors (Lipinski definition) is 8. The first-order valence-corrected chi connectivity index (χ1v) is 32.1. The van der Waals surface area contributed by atoms with Gasteiger partial charge in [-0.15, -0.1) is 0 Å². The molecule has 0 amide bonds. The summed E-state index contributed by atoms with van der Waals surface area (Å²) in [6.45, 7) is 4.11. The fourth-order valence-corrected chi connectivity index (χ4v) is 8.81. The van der Waals surface area contributed by atoms with E-state index in [0.29, 0.717) is 17.4 Å². The van der Waals surface area contributed by atoms with Crippen LogP contribution in [0.3, 0.4) is 0 Å². The van der Waals surface area contributed by atoms with E-state index < -0.39 is 26.5 Å². The number of carbonyl (C=O) groups excluding carboxylic acids is 2. The number of unbranched alkanes of at least 4 members (excludes halogenated alkanes) is 23. The van der Waals surface area contributed by atoms with Gasteiger partial charge in [-0.05, 0) is 103 Å². The second-order valence-corrected chi connectivity index (χ2v) is 22.7. The van der Waals surface area contributed by atoms with E-state index in [4.69, 9.17) is 18.5 Å². The van der Waals surface area contributed by atoms with Gasteiger partial charge in [0.25, 0.3) is 7.82 Å². The van der Waals surface area contributed by atoms with Crippen LogP contribution in [-0.2, 0) is 32.7 Å². The standard InChI is InChI=1S/C66H114NO8P/c1-6-8-10-12-14-16-18-20-22-24-26-27-28-29-30-31-32-33-34-35-36-37-38-39-41-43-45-47-49-51-53-55-57-59-66(69)75-64(63-74-76(70,71)73-61-60-67(3,4)5)62-72-65(68)58-56-54-52-50-48-46-44-42-40-25-23-21-19-17-15-13-11-9-7-2/h8,10,14,16,20-23,26-27,29-30,32-33,35-36,38-39,64H,6-7,9,11-13,15,17-19,24-25,28,31,34,37,40-63H2,1-5H3/b10-8-,16-14-,22-20-,23-21-,27-26-,30-29-,33-32-,36-35-,39-38-. The minimum absolute atomic E-state index is 0.0376. The van der Waals surface area contributed by atoms with Crippen molar-refractivity contribution in [3.63, 3.8) is 0 Å². The summed E-state index contributed by atoms with van der Waals surface area (Å²) < 4.78 is 34.2. The number of hydrogen-bond donors (Lipinski definition) is 0. The molecular weight excluding hydrogens is 966 g/mol. The van der Waals surface area contributed by atoms with Crippen LogP contribution in [0.4, 0.5) is 0 Å². The molecule has 10 heteroatoms. The molecule has 0 saturated carbocycles. The second kappa shape index (κ2) is 56.4. The molecule has 0 saturated heterocycles. The highest BCUT2D eigenvalue weighted by atomic mass is 31.2. The molecule has 0 aromatic rings.